The third-order valence-electron chi connectivity index (χ3n) is 2.79. The normalized spacial score (nSPS) is 12.2. The number of ether oxygens (including phenoxy) is 1. The van der Waals surface area contributed by atoms with E-state index in [0.717, 1.165) is 22.2 Å². The van der Waals surface area contributed by atoms with Crippen LogP contribution < -0.4 is 10.5 Å². The average Bonchev–Trinajstić information content (AvgIpc) is 2.39. The standard InChI is InChI=1S/C15H16BrClN2O/c1-10(18)6-11-2-3-15(13(16)7-11)20-9-12-4-5-19-8-14(12)17/h2-5,7-8,10H,6,9,18H2,1H3. The second kappa shape index (κ2) is 7.07. The lowest BCUT2D eigenvalue weighted by atomic mass is 10.1. The van der Waals surface area contributed by atoms with Crippen LogP contribution in [-0.2, 0) is 13.0 Å². The van der Waals surface area contributed by atoms with Gasteiger partial charge in [0.15, 0.2) is 0 Å². The maximum Gasteiger partial charge on any atom is 0.134 e. The van der Waals surface area contributed by atoms with E-state index in [4.69, 9.17) is 22.1 Å². The van der Waals surface area contributed by atoms with Crippen molar-refractivity contribution in [2.75, 3.05) is 0 Å². The Morgan fingerprint density at radius 1 is 1.40 bits per heavy atom. The summed E-state index contributed by atoms with van der Waals surface area (Å²) >= 11 is 9.56. The number of benzene rings is 1. The molecule has 1 unspecified atom stereocenters. The summed E-state index contributed by atoms with van der Waals surface area (Å²) in [6.07, 6.45) is 4.15. The van der Waals surface area contributed by atoms with Crippen LogP contribution in [0.1, 0.15) is 18.1 Å². The Morgan fingerprint density at radius 2 is 2.20 bits per heavy atom. The Balaban J connectivity index is 2.05. The summed E-state index contributed by atoms with van der Waals surface area (Å²) in [5.74, 6) is 0.784. The third-order valence-corrected chi connectivity index (χ3v) is 3.75. The van der Waals surface area contributed by atoms with Crippen molar-refractivity contribution >= 4 is 27.5 Å². The maximum atomic E-state index is 6.04. The lowest BCUT2D eigenvalue weighted by Gasteiger charge is -2.11. The van der Waals surface area contributed by atoms with E-state index in [9.17, 15) is 0 Å². The number of hydrogen-bond acceptors (Lipinski definition) is 3. The lowest BCUT2D eigenvalue weighted by Crippen LogP contribution is -2.17. The summed E-state index contributed by atoms with van der Waals surface area (Å²) in [5, 5.41) is 0.609. The first-order chi connectivity index (χ1) is 9.56. The molecule has 0 spiro atoms. The smallest absolute Gasteiger partial charge is 0.134 e. The van der Waals surface area contributed by atoms with Crippen LogP contribution in [-0.4, -0.2) is 11.0 Å². The lowest BCUT2D eigenvalue weighted by molar-refractivity contribution is 0.304. The average molecular weight is 356 g/mol. The fraction of sp³-hybridized carbons (Fsp3) is 0.267. The predicted molar refractivity (Wildman–Crippen MR) is 85.1 cm³/mol. The van der Waals surface area contributed by atoms with Gasteiger partial charge in [-0.1, -0.05) is 17.7 Å². The van der Waals surface area contributed by atoms with Gasteiger partial charge in [0, 0.05) is 24.0 Å². The monoisotopic (exact) mass is 354 g/mol. The fourth-order valence-corrected chi connectivity index (χ4v) is 2.55. The highest BCUT2D eigenvalue weighted by atomic mass is 79.9. The molecule has 20 heavy (non-hydrogen) atoms. The molecular weight excluding hydrogens is 340 g/mol. The fourth-order valence-electron chi connectivity index (χ4n) is 1.84. The highest BCUT2D eigenvalue weighted by molar-refractivity contribution is 9.10. The van der Waals surface area contributed by atoms with Gasteiger partial charge in [0.05, 0.1) is 9.50 Å². The molecule has 0 saturated heterocycles. The first-order valence-electron chi connectivity index (χ1n) is 6.31. The number of rotatable bonds is 5. The van der Waals surface area contributed by atoms with E-state index in [2.05, 4.69) is 20.9 Å². The molecule has 0 aliphatic carbocycles. The van der Waals surface area contributed by atoms with E-state index >= 15 is 0 Å². The van der Waals surface area contributed by atoms with Gasteiger partial charge in [0.1, 0.15) is 12.4 Å². The molecule has 0 radical (unpaired) electrons. The molecule has 2 rings (SSSR count). The Morgan fingerprint density at radius 3 is 2.85 bits per heavy atom. The van der Waals surface area contributed by atoms with Crippen LogP contribution in [0.3, 0.4) is 0 Å². The van der Waals surface area contributed by atoms with E-state index in [1.54, 1.807) is 12.4 Å². The molecule has 106 valence electrons. The van der Waals surface area contributed by atoms with Gasteiger partial charge < -0.3 is 10.5 Å². The highest BCUT2D eigenvalue weighted by Crippen LogP contribution is 2.28. The van der Waals surface area contributed by atoms with Crippen LogP contribution in [0.5, 0.6) is 5.75 Å². The van der Waals surface area contributed by atoms with E-state index in [0.29, 0.717) is 11.6 Å². The van der Waals surface area contributed by atoms with Crippen molar-refractivity contribution in [2.45, 2.75) is 26.0 Å². The molecule has 0 aliphatic heterocycles. The van der Waals surface area contributed by atoms with Crippen LogP contribution in [0.4, 0.5) is 0 Å². The van der Waals surface area contributed by atoms with E-state index in [1.165, 1.54) is 5.56 Å². The molecule has 0 amide bonds. The molecule has 1 aromatic carbocycles. The van der Waals surface area contributed by atoms with Crippen LogP contribution in [0, 0.1) is 0 Å². The molecule has 3 nitrogen and oxygen atoms in total. The van der Waals surface area contributed by atoms with Gasteiger partial charge in [-0.3, -0.25) is 4.98 Å². The minimum absolute atomic E-state index is 0.143. The second-order valence-corrected chi connectivity index (χ2v) is 5.96. The molecular formula is C15H16BrClN2O. The zero-order valence-electron chi connectivity index (χ0n) is 11.1. The molecule has 5 heteroatoms. The van der Waals surface area contributed by atoms with Crippen molar-refractivity contribution in [3.8, 4) is 5.75 Å². The minimum Gasteiger partial charge on any atom is -0.488 e. The Kier molecular flexibility index (Phi) is 5.40. The summed E-state index contributed by atoms with van der Waals surface area (Å²) < 4.78 is 6.69. The van der Waals surface area contributed by atoms with Gasteiger partial charge in [-0.05, 0) is 53.0 Å². The predicted octanol–water partition coefficient (Wildman–Crippen LogP) is 3.97. The number of aromatic nitrogens is 1. The van der Waals surface area contributed by atoms with Crippen LogP contribution in [0.15, 0.2) is 41.1 Å². The van der Waals surface area contributed by atoms with Gasteiger partial charge >= 0.3 is 0 Å². The maximum absolute atomic E-state index is 6.04. The number of pyridine rings is 1. The second-order valence-electron chi connectivity index (χ2n) is 4.70. The molecule has 1 aromatic heterocycles. The molecule has 2 aromatic rings. The van der Waals surface area contributed by atoms with Crippen molar-refractivity contribution in [3.63, 3.8) is 0 Å². The zero-order chi connectivity index (χ0) is 14.5. The Hall–Kier alpha value is -1.10. The number of nitrogens with zero attached hydrogens (tertiary/aromatic N) is 1. The van der Waals surface area contributed by atoms with Crippen LogP contribution in [0.25, 0.3) is 0 Å². The van der Waals surface area contributed by atoms with Crippen molar-refractivity contribution in [1.82, 2.24) is 4.98 Å². The summed E-state index contributed by atoms with van der Waals surface area (Å²) in [6, 6.07) is 7.99. The summed E-state index contributed by atoms with van der Waals surface area (Å²) in [5.41, 5.74) is 7.89. The molecule has 0 fully saturated rings. The van der Waals surface area contributed by atoms with E-state index < -0.39 is 0 Å². The zero-order valence-corrected chi connectivity index (χ0v) is 13.5. The quantitative estimate of drug-likeness (QED) is 0.883. The van der Waals surface area contributed by atoms with Gasteiger partial charge in [0.25, 0.3) is 0 Å². The van der Waals surface area contributed by atoms with Gasteiger partial charge in [0.2, 0.25) is 0 Å². The number of halogens is 2. The number of hydrogen-bond donors (Lipinski definition) is 1. The summed E-state index contributed by atoms with van der Waals surface area (Å²) in [4.78, 5) is 3.95. The van der Waals surface area contributed by atoms with Crippen LogP contribution in [0.2, 0.25) is 5.02 Å². The van der Waals surface area contributed by atoms with Crippen molar-refractivity contribution < 1.29 is 4.74 Å². The first kappa shape index (κ1) is 15.3. The molecule has 0 aliphatic rings. The SMILES string of the molecule is CC(N)Cc1ccc(OCc2ccncc2Cl)c(Br)c1. The van der Waals surface area contributed by atoms with Gasteiger partial charge in [-0.25, -0.2) is 0 Å². The molecule has 1 atom stereocenters. The minimum atomic E-state index is 0.143. The largest absolute Gasteiger partial charge is 0.488 e. The summed E-state index contributed by atoms with van der Waals surface area (Å²) in [6.45, 7) is 2.40. The molecule has 1 heterocycles. The molecule has 0 saturated carbocycles. The Bertz CT molecular complexity index is 590. The van der Waals surface area contributed by atoms with Gasteiger partial charge in [-0.2, -0.15) is 0 Å². The molecule has 0 bridgehead atoms. The van der Waals surface area contributed by atoms with Crippen molar-refractivity contribution in [2.24, 2.45) is 5.73 Å². The van der Waals surface area contributed by atoms with Gasteiger partial charge in [-0.15, -0.1) is 0 Å². The van der Waals surface area contributed by atoms with Crippen molar-refractivity contribution in [1.29, 1.82) is 0 Å². The highest BCUT2D eigenvalue weighted by Gasteiger charge is 2.06. The van der Waals surface area contributed by atoms with Crippen molar-refractivity contribution in [3.05, 3.63) is 57.3 Å². The Labute approximate surface area is 132 Å². The third kappa shape index (κ3) is 4.20. The number of nitrogens with two attached hydrogens (primary N) is 1. The topological polar surface area (TPSA) is 48.1 Å². The van der Waals surface area contributed by atoms with Crippen LogP contribution >= 0.6 is 27.5 Å². The first-order valence-corrected chi connectivity index (χ1v) is 7.48. The molecule has 2 N–H and O–H groups in total. The summed E-state index contributed by atoms with van der Waals surface area (Å²) in [7, 11) is 0. The van der Waals surface area contributed by atoms with E-state index in [1.807, 2.05) is 31.2 Å². The van der Waals surface area contributed by atoms with E-state index in [-0.39, 0.29) is 6.04 Å².